The number of aliphatic hydroxyl groups is 1. The number of hydrogen-bond donors (Lipinski definition) is 1. The quantitative estimate of drug-likeness (QED) is 0.228. The lowest BCUT2D eigenvalue weighted by atomic mass is 10.1. The first-order valence-corrected chi connectivity index (χ1v) is 11.9. The first kappa shape index (κ1) is 23.7. The predicted molar refractivity (Wildman–Crippen MR) is 123 cm³/mol. The smallest absolute Gasteiger partial charge is 0.224 e. The van der Waals surface area contributed by atoms with Crippen molar-refractivity contribution in [2.24, 2.45) is 0 Å². The van der Waals surface area contributed by atoms with Crippen molar-refractivity contribution in [2.75, 3.05) is 0 Å². The Labute approximate surface area is 177 Å². The molecule has 0 saturated heterocycles. The Hall–Kier alpha value is -1.61. The molecule has 2 rings (SSSR count). The molecule has 3 nitrogen and oxygen atoms in total. The molecule has 162 valence electrons. The van der Waals surface area contributed by atoms with Crippen LogP contribution in [0.1, 0.15) is 114 Å². The Morgan fingerprint density at radius 3 is 2.17 bits per heavy atom. The van der Waals surface area contributed by atoms with Gasteiger partial charge >= 0.3 is 0 Å². The molecule has 2 aromatic rings. The van der Waals surface area contributed by atoms with Crippen molar-refractivity contribution in [3.63, 3.8) is 0 Å². The SMILES string of the molecule is CCCCCCCC/C=C\CCCCCCCC(O)c1nc2c(C)cccc2o1. The molecule has 1 heterocycles. The number of aromatic nitrogens is 1. The molecule has 0 bridgehead atoms. The molecule has 0 amide bonds. The number of hydrogen-bond acceptors (Lipinski definition) is 3. The molecule has 1 atom stereocenters. The molecule has 3 heteroatoms. The molecular weight excluding hydrogens is 358 g/mol. The number of oxazole rings is 1. The van der Waals surface area contributed by atoms with Crippen molar-refractivity contribution in [3.8, 4) is 0 Å². The third kappa shape index (κ3) is 9.16. The zero-order chi connectivity index (χ0) is 20.7. The van der Waals surface area contributed by atoms with Gasteiger partial charge < -0.3 is 9.52 Å². The van der Waals surface area contributed by atoms with Crippen LogP contribution in [-0.2, 0) is 0 Å². The molecule has 0 saturated carbocycles. The number of nitrogens with zero attached hydrogens (tertiary/aromatic N) is 1. The number of allylic oxidation sites excluding steroid dienone is 2. The Morgan fingerprint density at radius 2 is 1.52 bits per heavy atom. The molecule has 0 fully saturated rings. The Bertz CT molecular complexity index is 704. The van der Waals surface area contributed by atoms with Crippen LogP contribution in [0.5, 0.6) is 0 Å². The number of fused-ring (bicyclic) bond motifs is 1. The lowest BCUT2D eigenvalue weighted by Gasteiger charge is -2.06. The van der Waals surface area contributed by atoms with Crippen LogP contribution >= 0.6 is 0 Å². The molecule has 0 aliphatic rings. The highest BCUT2D eigenvalue weighted by atomic mass is 16.4. The molecule has 29 heavy (non-hydrogen) atoms. The van der Waals surface area contributed by atoms with Crippen LogP contribution in [0.3, 0.4) is 0 Å². The third-order valence-electron chi connectivity index (χ3n) is 5.66. The minimum atomic E-state index is -0.591. The molecule has 1 N–H and O–H groups in total. The summed E-state index contributed by atoms with van der Waals surface area (Å²) in [4.78, 5) is 4.48. The summed E-state index contributed by atoms with van der Waals surface area (Å²) in [6.07, 6.45) is 21.6. The van der Waals surface area contributed by atoms with Crippen LogP contribution in [0.15, 0.2) is 34.8 Å². The minimum absolute atomic E-state index is 0.463. The number of aliphatic hydroxyl groups excluding tert-OH is 1. The molecule has 0 radical (unpaired) electrons. The lowest BCUT2D eigenvalue weighted by molar-refractivity contribution is 0.133. The van der Waals surface area contributed by atoms with Crippen LogP contribution in [0.2, 0.25) is 0 Å². The average Bonchev–Trinajstić information content (AvgIpc) is 3.17. The van der Waals surface area contributed by atoms with E-state index in [0.29, 0.717) is 5.89 Å². The van der Waals surface area contributed by atoms with Crippen molar-refractivity contribution >= 4 is 11.1 Å². The van der Waals surface area contributed by atoms with Gasteiger partial charge in [0.1, 0.15) is 11.6 Å². The van der Waals surface area contributed by atoms with Gasteiger partial charge in [-0.25, -0.2) is 4.98 Å². The van der Waals surface area contributed by atoms with Crippen LogP contribution in [-0.4, -0.2) is 10.1 Å². The second kappa shape index (κ2) is 14.4. The highest BCUT2D eigenvalue weighted by molar-refractivity contribution is 5.76. The second-order valence-electron chi connectivity index (χ2n) is 8.36. The Balaban J connectivity index is 1.45. The molecule has 1 aromatic carbocycles. The van der Waals surface area contributed by atoms with E-state index in [1.165, 1.54) is 70.6 Å². The van der Waals surface area contributed by atoms with E-state index >= 15 is 0 Å². The van der Waals surface area contributed by atoms with Crippen molar-refractivity contribution in [1.82, 2.24) is 4.98 Å². The van der Waals surface area contributed by atoms with Gasteiger partial charge in [-0.15, -0.1) is 0 Å². The topological polar surface area (TPSA) is 46.3 Å². The van der Waals surface area contributed by atoms with Gasteiger partial charge in [0, 0.05) is 0 Å². The summed E-state index contributed by atoms with van der Waals surface area (Å²) in [7, 11) is 0. The maximum Gasteiger partial charge on any atom is 0.224 e. The van der Waals surface area contributed by atoms with Gasteiger partial charge in [-0.05, 0) is 50.7 Å². The highest BCUT2D eigenvalue weighted by Crippen LogP contribution is 2.25. The Kier molecular flexibility index (Phi) is 11.7. The summed E-state index contributed by atoms with van der Waals surface area (Å²) in [6.45, 7) is 4.29. The number of rotatable bonds is 16. The van der Waals surface area contributed by atoms with E-state index in [9.17, 15) is 5.11 Å². The van der Waals surface area contributed by atoms with Gasteiger partial charge in [-0.3, -0.25) is 0 Å². The third-order valence-corrected chi connectivity index (χ3v) is 5.66. The fourth-order valence-electron chi connectivity index (χ4n) is 3.78. The second-order valence-corrected chi connectivity index (χ2v) is 8.36. The van der Waals surface area contributed by atoms with Gasteiger partial charge in [0.05, 0.1) is 0 Å². The monoisotopic (exact) mass is 399 g/mol. The van der Waals surface area contributed by atoms with E-state index in [4.69, 9.17) is 4.42 Å². The molecule has 0 aliphatic heterocycles. The normalized spacial score (nSPS) is 12.9. The summed E-state index contributed by atoms with van der Waals surface area (Å²) >= 11 is 0. The van der Waals surface area contributed by atoms with E-state index in [1.807, 2.05) is 25.1 Å². The number of unbranched alkanes of at least 4 members (excludes halogenated alkanes) is 11. The minimum Gasteiger partial charge on any atom is -0.438 e. The molecule has 1 unspecified atom stereocenters. The van der Waals surface area contributed by atoms with Crippen LogP contribution in [0, 0.1) is 6.92 Å². The average molecular weight is 400 g/mol. The van der Waals surface area contributed by atoms with E-state index < -0.39 is 6.10 Å². The zero-order valence-corrected chi connectivity index (χ0v) is 18.7. The predicted octanol–water partition coefficient (Wildman–Crippen LogP) is 8.21. The van der Waals surface area contributed by atoms with Crippen LogP contribution in [0.4, 0.5) is 0 Å². The van der Waals surface area contributed by atoms with Crippen molar-refractivity contribution < 1.29 is 9.52 Å². The van der Waals surface area contributed by atoms with Gasteiger partial charge in [0.15, 0.2) is 5.58 Å². The highest BCUT2D eigenvalue weighted by Gasteiger charge is 2.15. The molecule has 0 aliphatic carbocycles. The molecule has 1 aromatic heterocycles. The largest absolute Gasteiger partial charge is 0.438 e. The number of aryl methyl sites for hydroxylation is 1. The lowest BCUT2D eigenvalue weighted by Crippen LogP contribution is -1.97. The Morgan fingerprint density at radius 1 is 0.897 bits per heavy atom. The summed E-state index contributed by atoms with van der Waals surface area (Å²) in [6, 6.07) is 5.89. The van der Waals surface area contributed by atoms with Crippen molar-refractivity contribution in [1.29, 1.82) is 0 Å². The fourth-order valence-corrected chi connectivity index (χ4v) is 3.78. The van der Waals surface area contributed by atoms with E-state index in [-0.39, 0.29) is 0 Å². The molecule has 0 spiro atoms. The van der Waals surface area contributed by atoms with Crippen molar-refractivity contribution in [2.45, 2.75) is 110 Å². The summed E-state index contributed by atoms with van der Waals surface area (Å²) in [5, 5.41) is 10.4. The number of benzene rings is 1. The zero-order valence-electron chi connectivity index (χ0n) is 18.7. The van der Waals surface area contributed by atoms with Crippen molar-refractivity contribution in [3.05, 3.63) is 41.8 Å². The van der Waals surface area contributed by atoms with Crippen LogP contribution in [0.25, 0.3) is 11.1 Å². The van der Waals surface area contributed by atoms with Crippen LogP contribution < -0.4 is 0 Å². The summed E-state index contributed by atoms with van der Waals surface area (Å²) in [5.41, 5.74) is 2.72. The summed E-state index contributed by atoms with van der Waals surface area (Å²) < 4.78 is 5.72. The first-order chi connectivity index (χ1) is 14.2. The maximum absolute atomic E-state index is 10.4. The van der Waals surface area contributed by atoms with Gasteiger partial charge in [0.2, 0.25) is 5.89 Å². The van der Waals surface area contributed by atoms with Gasteiger partial charge in [-0.2, -0.15) is 0 Å². The number of para-hydroxylation sites is 1. The van der Waals surface area contributed by atoms with Gasteiger partial charge in [0.25, 0.3) is 0 Å². The standard InChI is InChI=1S/C26H41NO2/c1-3-4-5-6-7-8-9-10-11-12-13-14-15-16-17-20-23(28)26-27-25-22(2)19-18-21-24(25)29-26/h10-11,18-19,21,23,28H,3-9,12-17,20H2,1-2H3/b11-10-. The first-order valence-electron chi connectivity index (χ1n) is 11.9. The van der Waals surface area contributed by atoms with E-state index in [2.05, 4.69) is 24.1 Å². The van der Waals surface area contributed by atoms with E-state index in [0.717, 1.165) is 35.9 Å². The molecular formula is C26H41NO2. The summed E-state index contributed by atoms with van der Waals surface area (Å²) in [5.74, 6) is 0.463. The van der Waals surface area contributed by atoms with E-state index in [1.54, 1.807) is 0 Å². The van der Waals surface area contributed by atoms with Gasteiger partial charge in [-0.1, -0.05) is 89.0 Å². The maximum atomic E-state index is 10.4. The fraction of sp³-hybridized carbons (Fsp3) is 0.654.